The van der Waals surface area contributed by atoms with Gasteiger partial charge in [0.2, 0.25) is 0 Å². The summed E-state index contributed by atoms with van der Waals surface area (Å²) < 4.78 is 0. The first-order chi connectivity index (χ1) is 11.6. The molecule has 1 saturated heterocycles. The molecule has 1 aliphatic heterocycles. The minimum absolute atomic E-state index is 0.00185. The molecule has 2 unspecified atom stereocenters. The first-order valence-corrected chi connectivity index (χ1v) is 8.52. The topological polar surface area (TPSA) is 86.7 Å². The molecule has 0 saturated carbocycles. The zero-order chi connectivity index (χ0) is 18.8. The van der Waals surface area contributed by atoms with Gasteiger partial charge in [-0.15, -0.1) is 0 Å². The van der Waals surface area contributed by atoms with Gasteiger partial charge in [-0.2, -0.15) is 0 Å². The fraction of sp³-hybridized carbons (Fsp3) is 0.526. The standard InChI is InChI=1S/C19H26N2O4/c1-12-15(18(24)25)9-10-21(12)17(23)14-7-5-13(6-8-14)16(22)20-11-19(2,3)4/h5-8,12,15H,9-11H2,1-4H3,(H,20,22)(H,24,25). The Morgan fingerprint density at radius 1 is 1.16 bits per heavy atom. The number of hydrogen-bond acceptors (Lipinski definition) is 3. The first-order valence-electron chi connectivity index (χ1n) is 8.52. The van der Waals surface area contributed by atoms with Crippen molar-refractivity contribution in [1.29, 1.82) is 0 Å². The maximum Gasteiger partial charge on any atom is 0.308 e. The predicted molar refractivity (Wildman–Crippen MR) is 94.5 cm³/mol. The summed E-state index contributed by atoms with van der Waals surface area (Å²) in [5, 5.41) is 12.0. The van der Waals surface area contributed by atoms with Crippen LogP contribution < -0.4 is 5.32 Å². The Balaban J connectivity index is 2.03. The molecule has 0 radical (unpaired) electrons. The number of carboxylic acids is 1. The van der Waals surface area contributed by atoms with Gasteiger partial charge < -0.3 is 15.3 Å². The molecular formula is C19H26N2O4. The number of aliphatic carboxylic acids is 1. The van der Waals surface area contributed by atoms with E-state index in [4.69, 9.17) is 0 Å². The number of carbonyl (C=O) groups excluding carboxylic acids is 2. The number of amides is 2. The van der Waals surface area contributed by atoms with Gasteiger partial charge in [-0.3, -0.25) is 14.4 Å². The number of hydrogen-bond donors (Lipinski definition) is 2. The van der Waals surface area contributed by atoms with E-state index in [1.807, 2.05) is 20.8 Å². The normalized spacial score (nSPS) is 20.4. The lowest BCUT2D eigenvalue weighted by atomic mass is 9.97. The highest BCUT2D eigenvalue weighted by atomic mass is 16.4. The van der Waals surface area contributed by atoms with Crippen molar-refractivity contribution in [3.05, 3.63) is 35.4 Å². The second-order valence-corrected chi connectivity index (χ2v) is 7.79. The monoisotopic (exact) mass is 346 g/mol. The molecule has 1 aliphatic rings. The first kappa shape index (κ1) is 19.0. The van der Waals surface area contributed by atoms with Crippen LogP contribution in [-0.4, -0.2) is 46.9 Å². The second kappa shape index (κ2) is 7.25. The van der Waals surface area contributed by atoms with Crippen molar-refractivity contribution in [2.24, 2.45) is 11.3 Å². The molecule has 1 fully saturated rings. The van der Waals surface area contributed by atoms with Crippen molar-refractivity contribution < 1.29 is 19.5 Å². The third kappa shape index (κ3) is 4.59. The van der Waals surface area contributed by atoms with Crippen LogP contribution in [0.2, 0.25) is 0 Å². The van der Waals surface area contributed by atoms with Gasteiger partial charge in [0, 0.05) is 30.3 Å². The summed E-state index contributed by atoms with van der Waals surface area (Å²) in [4.78, 5) is 37.5. The second-order valence-electron chi connectivity index (χ2n) is 7.79. The van der Waals surface area contributed by atoms with Crippen molar-refractivity contribution >= 4 is 17.8 Å². The number of carboxylic acid groups (broad SMARTS) is 1. The fourth-order valence-corrected chi connectivity index (χ4v) is 2.93. The largest absolute Gasteiger partial charge is 0.481 e. The van der Waals surface area contributed by atoms with Gasteiger partial charge in [0.05, 0.1) is 5.92 Å². The fourth-order valence-electron chi connectivity index (χ4n) is 2.93. The van der Waals surface area contributed by atoms with Crippen molar-refractivity contribution in [2.45, 2.75) is 40.2 Å². The average molecular weight is 346 g/mol. The summed E-state index contributed by atoms with van der Waals surface area (Å²) in [6, 6.07) is 6.16. The Morgan fingerprint density at radius 2 is 1.72 bits per heavy atom. The molecule has 6 nitrogen and oxygen atoms in total. The van der Waals surface area contributed by atoms with Crippen molar-refractivity contribution in [3.63, 3.8) is 0 Å². The highest BCUT2D eigenvalue weighted by Crippen LogP contribution is 2.26. The molecule has 1 aromatic rings. The van der Waals surface area contributed by atoms with Crippen LogP contribution in [0.3, 0.4) is 0 Å². The Morgan fingerprint density at radius 3 is 2.20 bits per heavy atom. The smallest absolute Gasteiger partial charge is 0.308 e. The Labute approximate surface area is 148 Å². The molecular weight excluding hydrogens is 320 g/mol. The van der Waals surface area contributed by atoms with Gasteiger partial charge >= 0.3 is 5.97 Å². The molecule has 136 valence electrons. The third-order valence-electron chi connectivity index (χ3n) is 4.51. The van der Waals surface area contributed by atoms with Crippen LogP contribution in [0.5, 0.6) is 0 Å². The quantitative estimate of drug-likeness (QED) is 0.876. The van der Waals surface area contributed by atoms with E-state index in [0.717, 1.165) is 0 Å². The number of nitrogens with zero attached hydrogens (tertiary/aromatic N) is 1. The summed E-state index contributed by atoms with van der Waals surface area (Å²) >= 11 is 0. The number of carbonyl (C=O) groups is 3. The van der Waals surface area contributed by atoms with E-state index < -0.39 is 11.9 Å². The summed E-state index contributed by atoms with van der Waals surface area (Å²) in [6.07, 6.45) is 0.468. The number of benzene rings is 1. The molecule has 1 aromatic carbocycles. The number of rotatable bonds is 4. The number of nitrogens with one attached hydrogen (secondary N) is 1. The van der Waals surface area contributed by atoms with E-state index in [-0.39, 0.29) is 23.3 Å². The average Bonchev–Trinajstić information content (AvgIpc) is 2.93. The van der Waals surface area contributed by atoms with E-state index in [1.54, 1.807) is 36.1 Å². The SMILES string of the molecule is CC1C(C(=O)O)CCN1C(=O)c1ccc(C(=O)NCC(C)(C)C)cc1. The summed E-state index contributed by atoms with van der Waals surface area (Å²) in [6.45, 7) is 8.88. The molecule has 1 heterocycles. The molecule has 0 spiro atoms. The van der Waals surface area contributed by atoms with Gasteiger partial charge in [-0.1, -0.05) is 20.8 Å². The Bertz CT molecular complexity index is 661. The Hall–Kier alpha value is -2.37. The lowest BCUT2D eigenvalue weighted by Crippen LogP contribution is -2.37. The predicted octanol–water partition coefficient (Wildman–Crippen LogP) is 2.40. The van der Waals surface area contributed by atoms with Crippen LogP contribution >= 0.6 is 0 Å². The van der Waals surface area contributed by atoms with E-state index >= 15 is 0 Å². The van der Waals surface area contributed by atoms with Gasteiger partial charge in [-0.05, 0) is 43.0 Å². The zero-order valence-electron chi connectivity index (χ0n) is 15.2. The minimum atomic E-state index is -0.867. The van der Waals surface area contributed by atoms with Crippen LogP contribution in [-0.2, 0) is 4.79 Å². The van der Waals surface area contributed by atoms with Crippen molar-refractivity contribution in [1.82, 2.24) is 10.2 Å². The highest BCUT2D eigenvalue weighted by molar-refractivity contribution is 5.98. The van der Waals surface area contributed by atoms with Crippen LogP contribution in [0, 0.1) is 11.3 Å². The van der Waals surface area contributed by atoms with Crippen molar-refractivity contribution in [2.75, 3.05) is 13.1 Å². The number of likely N-dealkylation sites (tertiary alicyclic amines) is 1. The molecule has 6 heteroatoms. The Kier molecular flexibility index (Phi) is 5.50. The van der Waals surface area contributed by atoms with Gasteiger partial charge in [0.1, 0.15) is 0 Å². The summed E-state index contributed by atoms with van der Waals surface area (Å²) in [7, 11) is 0. The lowest BCUT2D eigenvalue weighted by Gasteiger charge is -2.23. The zero-order valence-corrected chi connectivity index (χ0v) is 15.2. The van der Waals surface area contributed by atoms with E-state index in [1.165, 1.54) is 0 Å². The van der Waals surface area contributed by atoms with E-state index in [9.17, 15) is 19.5 Å². The van der Waals surface area contributed by atoms with Crippen LogP contribution in [0.25, 0.3) is 0 Å². The molecule has 2 rings (SSSR count). The van der Waals surface area contributed by atoms with Gasteiger partial charge in [0.25, 0.3) is 11.8 Å². The third-order valence-corrected chi connectivity index (χ3v) is 4.51. The van der Waals surface area contributed by atoms with Crippen molar-refractivity contribution in [3.8, 4) is 0 Å². The molecule has 0 aromatic heterocycles. The maximum atomic E-state index is 12.6. The molecule has 0 aliphatic carbocycles. The summed E-state index contributed by atoms with van der Waals surface area (Å²) in [5.74, 6) is -1.76. The summed E-state index contributed by atoms with van der Waals surface area (Å²) in [5.41, 5.74) is 0.960. The molecule has 2 amide bonds. The molecule has 2 N–H and O–H groups in total. The maximum absolute atomic E-state index is 12.6. The van der Waals surface area contributed by atoms with E-state index in [2.05, 4.69) is 5.32 Å². The van der Waals surface area contributed by atoms with Gasteiger partial charge in [0.15, 0.2) is 0 Å². The van der Waals surface area contributed by atoms with Crippen LogP contribution in [0.1, 0.15) is 54.8 Å². The lowest BCUT2D eigenvalue weighted by molar-refractivity contribution is -0.142. The molecule has 2 atom stereocenters. The molecule has 0 bridgehead atoms. The minimum Gasteiger partial charge on any atom is -0.481 e. The highest BCUT2D eigenvalue weighted by Gasteiger charge is 2.38. The van der Waals surface area contributed by atoms with Gasteiger partial charge in [-0.25, -0.2) is 0 Å². The van der Waals surface area contributed by atoms with Crippen LogP contribution in [0.15, 0.2) is 24.3 Å². The molecule has 25 heavy (non-hydrogen) atoms. The van der Waals surface area contributed by atoms with E-state index in [0.29, 0.717) is 30.6 Å². The van der Waals surface area contributed by atoms with Crippen LogP contribution in [0.4, 0.5) is 0 Å².